The number of ether oxygens (including phenoxy) is 1. The number of carbonyl (C=O) groups is 2. The van der Waals surface area contributed by atoms with Crippen LogP contribution in [-0.4, -0.2) is 38.9 Å². The zero-order chi connectivity index (χ0) is 20.0. The highest BCUT2D eigenvalue weighted by atomic mass is 32.2. The molecule has 2 N–H and O–H groups in total. The molecule has 0 saturated heterocycles. The minimum atomic E-state index is -3.74. The number of hydrogen-bond acceptors (Lipinski definition) is 7. The molecule has 0 atom stereocenters. The van der Waals surface area contributed by atoms with Gasteiger partial charge < -0.3 is 10.1 Å². The van der Waals surface area contributed by atoms with Crippen LogP contribution in [0.5, 0.6) is 0 Å². The predicted octanol–water partition coefficient (Wildman–Crippen LogP) is 1.30. The maximum Gasteiger partial charge on any atom is 0.338 e. The fourth-order valence-corrected chi connectivity index (χ4v) is 2.82. The van der Waals surface area contributed by atoms with Gasteiger partial charge in [0.15, 0.2) is 6.61 Å². The molecule has 0 aliphatic carbocycles. The molecule has 10 nitrogen and oxygen atoms in total. The van der Waals surface area contributed by atoms with Crippen LogP contribution in [0.1, 0.15) is 10.4 Å². The molecule has 27 heavy (non-hydrogen) atoms. The third-order valence-electron chi connectivity index (χ3n) is 3.36. The molecule has 11 heteroatoms. The zero-order valence-corrected chi connectivity index (χ0v) is 14.9. The number of sulfonamides is 1. The molecule has 0 spiro atoms. The smallest absolute Gasteiger partial charge is 0.338 e. The maximum atomic E-state index is 12.0. The zero-order valence-electron chi connectivity index (χ0n) is 14.0. The van der Waals surface area contributed by atoms with Gasteiger partial charge in [-0.05, 0) is 31.3 Å². The van der Waals surface area contributed by atoms with E-state index >= 15 is 0 Å². The van der Waals surface area contributed by atoms with Crippen molar-refractivity contribution >= 4 is 33.3 Å². The van der Waals surface area contributed by atoms with E-state index < -0.39 is 33.4 Å². The Labute approximate surface area is 154 Å². The number of amides is 1. The van der Waals surface area contributed by atoms with E-state index in [0.717, 1.165) is 6.07 Å². The van der Waals surface area contributed by atoms with Gasteiger partial charge in [0.1, 0.15) is 5.69 Å². The first kappa shape index (κ1) is 20.0. The number of nitrogens with one attached hydrogen (secondary N) is 2. The Morgan fingerprint density at radius 3 is 2.52 bits per heavy atom. The van der Waals surface area contributed by atoms with Crippen molar-refractivity contribution in [3.8, 4) is 0 Å². The van der Waals surface area contributed by atoms with E-state index in [-0.39, 0.29) is 21.8 Å². The second-order valence-corrected chi connectivity index (χ2v) is 7.02. The van der Waals surface area contributed by atoms with Gasteiger partial charge in [-0.2, -0.15) is 0 Å². The number of benzene rings is 2. The van der Waals surface area contributed by atoms with Gasteiger partial charge in [-0.3, -0.25) is 14.9 Å². The normalized spacial score (nSPS) is 10.9. The maximum absolute atomic E-state index is 12.0. The van der Waals surface area contributed by atoms with Gasteiger partial charge in [0.25, 0.3) is 11.6 Å². The number of carbonyl (C=O) groups excluding carboxylic acids is 2. The van der Waals surface area contributed by atoms with Crippen LogP contribution in [0.15, 0.2) is 53.4 Å². The first-order valence-corrected chi connectivity index (χ1v) is 8.97. The van der Waals surface area contributed by atoms with Crippen LogP contribution in [-0.2, 0) is 19.6 Å². The first-order valence-electron chi connectivity index (χ1n) is 7.48. The highest BCUT2D eigenvalue weighted by Crippen LogP contribution is 2.23. The molecule has 0 bridgehead atoms. The largest absolute Gasteiger partial charge is 0.452 e. The fraction of sp³-hybridized carbons (Fsp3) is 0.125. The Hall–Kier alpha value is -3.31. The number of nitro benzene ring substituents is 1. The average molecular weight is 393 g/mol. The molecule has 0 heterocycles. The molecule has 1 amide bonds. The van der Waals surface area contributed by atoms with Crippen LogP contribution in [0.3, 0.4) is 0 Å². The van der Waals surface area contributed by atoms with Gasteiger partial charge in [0.05, 0.1) is 15.4 Å². The summed E-state index contributed by atoms with van der Waals surface area (Å²) < 4.78 is 30.4. The molecule has 2 aromatic carbocycles. The van der Waals surface area contributed by atoms with Crippen LogP contribution in [0.25, 0.3) is 0 Å². The van der Waals surface area contributed by atoms with Crippen molar-refractivity contribution in [3.63, 3.8) is 0 Å². The van der Waals surface area contributed by atoms with Gasteiger partial charge in [0, 0.05) is 6.07 Å². The number of hydrogen-bond donors (Lipinski definition) is 2. The lowest BCUT2D eigenvalue weighted by Crippen LogP contribution is -2.22. The second kappa shape index (κ2) is 8.38. The Kier molecular flexibility index (Phi) is 6.21. The summed E-state index contributed by atoms with van der Waals surface area (Å²) in [6.45, 7) is -0.701. The number of esters is 1. The van der Waals surface area contributed by atoms with Crippen LogP contribution in [0.2, 0.25) is 0 Å². The number of rotatable bonds is 7. The van der Waals surface area contributed by atoms with Crippen molar-refractivity contribution in [1.82, 2.24) is 4.72 Å². The molecule has 0 fully saturated rings. The third kappa shape index (κ3) is 5.09. The quantitative estimate of drug-likeness (QED) is 0.410. The lowest BCUT2D eigenvalue weighted by molar-refractivity contribution is -0.383. The average Bonchev–Trinajstić information content (AvgIpc) is 2.66. The van der Waals surface area contributed by atoms with Crippen molar-refractivity contribution < 1.29 is 27.7 Å². The number of nitro groups is 1. The summed E-state index contributed by atoms with van der Waals surface area (Å²) in [5.41, 5.74) is -0.405. The van der Waals surface area contributed by atoms with Gasteiger partial charge in [-0.25, -0.2) is 17.9 Å². The summed E-state index contributed by atoms with van der Waals surface area (Å²) in [5.74, 6) is -1.70. The van der Waals surface area contributed by atoms with E-state index in [9.17, 15) is 28.1 Å². The van der Waals surface area contributed by atoms with Gasteiger partial charge in [-0.15, -0.1) is 0 Å². The summed E-state index contributed by atoms with van der Waals surface area (Å²) in [6, 6.07) is 10.6. The summed E-state index contributed by atoms with van der Waals surface area (Å²) in [4.78, 5) is 34.0. The van der Waals surface area contributed by atoms with Crippen molar-refractivity contribution in [3.05, 3.63) is 64.2 Å². The fourth-order valence-electron chi connectivity index (χ4n) is 2.05. The van der Waals surface area contributed by atoms with E-state index in [0.29, 0.717) is 0 Å². The molecule has 142 valence electrons. The van der Waals surface area contributed by atoms with Gasteiger partial charge in [0.2, 0.25) is 10.0 Å². The molecule has 2 rings (SSSR count). The minimum Gasteiger partial charge on any atom is -0.452 e. The number of para-hydroxylation sites is 2. The van der Waals surface area contributed by atoms with Crippen LogP contribution in [0.4, 0.5) is 11.4 Å². The molecule has 0 radical (unpaired) electrons. The highest BCUT2D eigenvalue weighted by Gasteiger charge is 2.18. The summed E-state index contributed by atoms with van der Waals surface area (Å²) >= 11 is 0. The minimum absolute atomic E-state index is 0.0364. The topological polar surface area (TPSA) is 145 Å². The Morgan fingerprint density at radius 2 is 1.85 bits per heavy atom. The third-order valence-corrected chi connectivity index (χ3v) is 4.77. The molecule has 0 unspecified atom stereocenters. The Morgan fingerprint density at radius 1 is 1.15 bits per heavy atom. The molecule has 0 aliphatic heterocycles. The Balaban J connectivity index is 2.03. The van der Waals surface area contributed by atoms with Gasteiger partial charge >= 0.3 is 5.97 Å². The van der Waals surface area contributed by atoms with Crippen LogP contribution < -0.4 is 10.0 Å². The van der Waals surface area contributed by atoms with E-state index in [1.54, 1.807) is 0 Å². The molecule has 0 aliphatic rings. The van der Waals surface area contributed by atoms with Crippen molar-refractivity contribution in [2.75, 3.05) is 19.0 Å². The van der Waals surface area contributed by atoms with Crippen LogP contribution in [0, 0.1) is 10.1 Å². The SMILES string of the molecule is CNS(=O)(=O)c1cccc(C(=O)OCC(=O)Nc2ccccc2[N+](=O)[O-])c1. The number of nitrogens with zero attached hydrogens (tertiary/aromatic N) is 1. The molecule has 0 saturated carbocycles. The lowest BCUT2D eigenvalue weighted by Gasteiger charge is -2.08. The molecule has 0 aromatic heterocycles. The lowest BCUT2D eigenvalue weighted by atomic mass is 10.2. The van der Waals surface area contributed by atoms with Crippen LogP contribution >= 0.6 is 0 Å². The van der Waals surface area contributed by atoms with E-state index in [1.807, 2.05) is 0 Å². The predicted molar refractivity (Wildman–Crippen MR) is 94.7 cm³/mol. The van der Waals surface area contributed by atoms with E-state index in [1.165, 1.54) is 49.5 Å². The summed E-state index contributed by atoms with van der Waals surface area (Å²) in [6.07, 6.45) is 0. The molecular weight excluding hydrogens is 378 g/mol. The van der Waals surface area contributed by atoms with Gasteiger partial charge in [-0.1, -0.05) is 18.2 Å². The summed E-state index contributed by atoms with van der Waals surface area (Å²) in [7, 11) is -2.51. The monoisotopic (exact) mass is 393 g/mol. The Bertz CT molecular complexity index is 989. The molecule has 2 aromatic rings. The highest BCUT2D eigenvalue weighted by molar-refractivity contribution is 7.89. The van der Waals surface area contributed by atoms with Crippen molar-refractivity contribution in [2.24, 2.45) is 0 Å². The summed E-state index contributed by atoms with van der Waals surface area (Å²) in [5, 5.41) is 13.2. The van der Waals surface area contributed by atoms with E-state index in [2.05, 4.69) is 10.0 Å². The number of anilines is 1. The van der Waals surface area contributed by atoms with Crippen molar-refractivity contribution in [2.45, 2.75) is 4.90 Å². The van der Waals surface area contributed by atoms with E-state index in [4.69, 9.17) is 4.74 Å². The molecular formula is C16H15N3O7S. The first-order chi connectivity index (χ1) is 12.7. The second-order valence-electron chi connectivity index (χ2n) is 5.13. The van der Waals surface area contributed by atoms with Crippen molar-refractivity contribution in [1.29, 1.82) is 0 Å². The standard InChI is InChI=1S/C16H15N3O7S/c1-17-27(24,25)12-6-4-5-11(9-12)16(21)26-10-15(20)18-13-7-2-3-8-14(13)19(22)23/h2-9,17H,10H2,1H3,(H,18,20).